The van der Waals surface area contributed by atoms with Gasteiger partial charge in [0.05, 0.1) is 7.11 Å². The van der Waals surface area contributed by atoms with Crippen LogP contribution >= 0.6 is 15.9 Å². The smallest absolute Gasteiger partial charge is 0.166 e. The molecule has 24 heavy (non-hydrogen) atoms. The number of halogens is 1. The molecule has 4 rings (SSSR count). The van der Waals surface area contributed by atoms with Gasteiger partial charge in [-0.15, -0.1) is 0 Å². The minimum absolute atomic E-state index is 0.259. The number of benzene rings is 2. The largest absolute Gasteiger partial charge is 0.504 e. The summed E-state index contributed by atoms with van der Waals surface area (Å²) in [5.74, 6) is 0.785. The van der Waals surface area contributed by atoms with Gasteiger partial charge in [0, 0.05) is 22.6 Å². The van der Waals surface area contributed by atoms with Crippen LogP contribution in [-0.2, 0) is 12.8 Å². The second kappa shape index (κ2) is 6.08. The van der Waals surface area contributed by atoms with E-state index in [1.807, 2.05) is 6.07 Å². The van der Waals surface area contributed by atoms with Crippen LogP contribution in [0.15, 0.2) is 28.7 Å². The van der Waals surface area contributed by atoms with Crippen LogP contribution in [0, 0.1) is 0 Å². The van der Waals surface area contributed by atoms with E-state index in [2.05, 4.69) is 46.0 Å². The SMILES string of the molecule is CCCN1CCc2cccc3c2C1Cc1c(Br)cc(OC)c(O)c1-3. The van der Waals surface area contributed by atoms with Gasteiger partial charge in [0.1, 0.15) is 0 Å². The number of fused-ring (bicyclic) bond motifs is 2. The van der Waals surface area contributed by atoms with E-state index in [4.69, 9.17) is 4.74 Å². The molecule has 1 N–H and O–H groups in total. The van der Waals surface area contributed by atoms with Crippen LogP contribution < -0.4 is 4.74 Å². The molecule has 1 atom stereocenters. The van der Waals surface area contributed by atoms with Crippen molar-refractivity contribution in [2.24, 2.45) is 0 Å². The van der Waals surface area contributed by atoms with E-state index >= 15 is 0 Å². The van der Waals surface area contributed by atoms with Crippen LogP contribution in [0.4, 0.5) is 0 Å². The molecule has 0 saturated heterocycles. The maximum absolute atomic E-state index is 10.8. The monoisotopic (exact) mass is 387 g/mol. The summed E-state index contributed by atoms with van der Waals surface area (Å²) in [4.78, 5) is 2.60. The van der Waals surface area contributed by atoms with Crippen molar-refractivity contribution in [1.82, 2.24) is 4.90 Å². The van der Waals surface area contributed by atoms with Gasteiger partial charge in [-0.25, -0.2) is 0 Å². The standard InChI is InChI=1S/C20H22BrNO2/c1-3-8-22-9-7-12-5-4-6-13-18(12)16(22)10-14-15(21)11-17(24-2)20(23)19(13)14/h4-6,11,16,23H,3,7-10H2,1-2H3. The third-order valence-corrected chi connectivity index (χ3v) is 6.06. The molecule has 0 spiro atoms. The number of phenolic OH excluding ortho intramolecular Hbond substituents is 1. The molecular formula is C20H22BrNO2. The molecular weight excluding hydrogens is 366 g/mol. The summed E-state index contributed by atoms with van der Waals surface area (Å²) < 4.78 is 6.39. The van der Waals surface area contributed by atoms with Gasteiger partial charge >= 0.3 is 0 Å². The van der Waals surface area contributed by atoms with Crippen molar-refractivity contribution in [3.05, 3.63) is 45.4 Å². The highest BCUT2D eigenvalue weighted by molar-refractivity contribution is 9.10. The Morgan fingerprint density at radius 1 is 1.38 bits per heavy atom. The van der Waals surface area contributed by atoms with Crippen LogP contribution in [0.1, 0.15) is 36.1 Å². The number of methoxy groups -OCH3 is 1. The van der Waals surface area contributed by atoms with Crippen molar-refractivity contribution in [2.45, 2.75) is 32.2 Å². The van der Waals surface area contributed by atoms with Crippen LogP contribution in [0.3, 0.4) is 0 Å². The minimum atomic E-state index is 0.259. The maximum atomic E-state index is 10.8. The molecule has 126 valence electrons. The number of hydrogen-bond donors (Lipinski definition) is 1. The lowest BCUT2D eigenvalue weighted by atomic mass is 9.76. The minimum Gasteiger partial charge on any atom is -0.504 e. The van der Waals surface area contributed by atoms with Gasteiger partial charge in [0.25, 0.3) is 0 Å². The number of phenols is 1. The quantitative estimate of drug-likeness (QED) is 0.828. The molecule has 1 heterocycles. The molecule has 0 radical (unpaired) electrons. The van der Waals surface area contributed by atoms with E-state index in [0.717, 1.165) is 48.0 Å². The van der Waals surface area contributed by atoms with Gasteiger partial charge in [-0.3, -0.25) is 4.90 Å². The Hall–Kier alpha value is -1.52. The number of hydrogen-bond acceptors (Lipinski definition) is 3. The fourth-order valence-electron chi connectivity index (χ4n) is 4.33. The van der Waals surface area contributed by atoms with E-state index in [9.17, 15) is 5.11 Å². The normalized spacial score (nSPS) is 18.9. The van der Waals surface area contributed by atoms with Gasteiger partial charge < -0.3 is 9.84 Å². The molecule has 0 saturated carbocycles. The lowest BCUT2D eigenvalue weighted by molar-refractivity contribution is 0.182. The van der Waals surface area contributed by atoms with E-state index in [1.54, 1.807) is 7.11 Å². The molecule has 4 heteroatoms. The van der Waals surface area contributed by atoms with Crippen LogP contribution in [0.25, 0.3) is 11.1 Å². The molecule has 0 bridgehead atoms. The van der Waals surface area contributed by atoms with Gasteiger partial charge in [-0.1, -0.05) is 41.1 Å². The van der Waals surface area contributed by atoms with Gasteiger partial charge in [0.2, 0.25) is 0 Å². The van der Waals surface area contributed by atoms with Crippen molar-refractivity contribution in [1.29, 1.82) is 0 Å². The van der Waals surface area contributed by atoms with E-state index < -0.39 is 0 Å². The highest BCUT2D eigenvalue weighted by Crippen LogP contribution is 2.52. The van der Waals surface area contributed by atoms with Crippen molar-refractivity contribution < 1.29 is 9.84 Å². The van der Waals surface area contributed by atoms with Gasteiger partial charge in [-0.2, -0.15) is 0 Å². The highest BCUT2D eigenvalue weighted by Gasteiger charge is 2.36. The lowest BCUT2D eigenvalue weighted by Crippen LogP contribution is -2.38. The Morgan fingerprint density at radius 2 is 2.21 bits per heavy atom. The molecule has 1 unspecified atom stereocenters. The van der Waals surface area contributed by atoms with Crippen LogP contribution in [0.2, 0.25) is 0 Å². The molecule has 2 aromatic carbocycles. The Balaban J connectivity index is 1.97. The first-order valence-electron chi connectivity index (χ1n) is 8.60. The molecule has 0 amide bonds. The Kier molecular flexibility index (Phi) is 4.05. The summed E-state index contributed by atoms with van der Waals surface area (Å²) >= 11 is 3.70. The molecule has 0 aromatic heterocycles. The predicted molar refractivity (Wildman–Crippen MR) is 99.8 cm³/mol. The third kappa shape index (κ3) is 2.27. The topological polar surface area (TPSA) is 32.7 Å². The lowest BCUT2D eigenvalue weighted by Gasteiger charge is -2.42. The van der Waals surface area contributed by atoms with Crippen molar-refractivity contribution in [3.63, 3.8) is 0 Å². The maximum Gasteiger partial charge on any atom is 0.166 e. The van der Waals surface area contributed by atoms with Crippen molar-refractivity contribution in [3.8, 4) is 22.6 Å². The average molecular weight is 388 g/mol. The Morgan fingerprint density at radius 3 is 2.96 bits per heavy atom. The van der Waals surface area contributed by atoms with Crippen molar-refractivity contribution >= 4 is 15.9 Å². The number of rotatable bonds is 3. The fourth-order valence-corrected chi connectivity index (χ4v) is 4.89. The molecule has 2 aromatic rings. The second-order valence-electron chi connectivity index (χ2n) is 6.65. The zero-order valence-electron chi connectivity index (χ0n) is 14.1. The summed E-state index contributed by atoms with van der Waals surface area (Å²) in [6.45, 7) is 4.47. The van der Waals surface area contributed by atoms with E-state index in [1.165, 1.54) is 16.7 Å². The second-order valence-corrected chi connectivity index (χ2v) is 7.50. The number of nitrogens with zero attached hydrogens (tertiary/aromatic N) is 1. The summed E-state index contributed by atoms with van der Waals surface area (Å²) in [5.41, 5.74) is 6.12. The van der Waals surface area contributed by atoms with Gasteiger partial charge in [-0.05, 0) is 54.1 Å². The third-order valence-electron chi connectivity index (χ3n) is 5.35. The zero-order valence-corrected chi connectivity index (χ0v) is 15.7. The molecule has 3 nitrogen and oxygen atoms in total. The Labute approximate surface area is 151 Å². The average Bonchev–Trinajstić information content (AvgIpc) is 2.60. The molecule has 1 aliphatic heterocycles. The first kappa shape index (κ1) is 16.0. The summed E-state index contributed by atoms with van der Waals surface area (Å²) in [6.07, 6.45) is 3.17. The van der Waals surface area contributed by atoms with E-state index in [0.29, 0.717) is 11.8 Å². The summed E-state index contributed by atoms with van der Waals surface area (Å²) in [7, 11) is 1.60. The molecule has 2 aliphatic rings. The fraction of sp³-hybridized carbons (Fsp3) is 0.400. The number of aromatic hydroxyl groups is 1. The van der Waals surface area contributed by atoms with Crippen LogP contribution in [-0.4, -0.2) is 30.2 Å². The van der Waals surface area contributed by atoms with E-state index in [-0.39, 0.29) is 5.75 Å². The highest BCUT2D eigenvalue weighted by atomic mass is 79.9. The Bertz CT molecular complexity index is 803. The van der Waals surface area contributed by atoms with Gasteiger partial charge in [0.15, 0.2) is 11.5 Å². The molecule has 0 fully saturated rings. The zero-order chi connectivity index (χ0) is 16.8. The predicted octanol–water partition coefficient (Wildman–Crippen LogP) is 4.70. The summed E-state index contributed by atoms with van der Waals surface area (Å²) in [6, 6.07) is 8.79. The number of ether oxygens (including phenoxy) is 1. The first-order chi connectivity index (χ1) is 11.7. The molecule has 1 aliphatic carbocycles. The van der Waals surface area contributed by atoms with Crippen molar-refractivity contribution in [2.75, 3.05) is 20.2 Å². The van der Waals surface area contributed by atoms with Crippen LogP contribution in [0.5, 0.6) is 11.5 Å². The first-order valence-corrected chi connectivity index (χ1v) is 9.39. The summed E-state index contributed by atoms with van der Waals surface area (Å²) in [5, 5.41) is 10.8.